The number of likely N-dealkylation sites (N-methyl/N-ethyl adjacent to an activating group) is 1. The zero-order valence-electron chi connectivity index (χ0n) is 14.4. The van der Waals surface area contributed by atoms with Crippen molar-refractivity contribution >= 4 is 5.91 Å². The lowest BCUT2D eigenvalue weighted by atomic mass is 10.0. The molecule has 1 unspecified atom stereocenters. The van der Waals surface area contributed by atoms with E-state index >= 15 is 0 Å². The highest BCUT2D eigenvalue weighted by molar-refractivity contribution is 5.82. The van der Waals surface area contributed by atoms with Crippen LogP contribution in [0.4, 0.5) is 0 Å². The maximum atomic E-state index is 12.4. The summed E-state index contributed by atoms with van der Waals surface area (Å²) in [5, 5.41) is 3.14. The van der Waals surface area contributed by atoms with Crippen molar-refractivity contribution in [2.45, 2.75) is 70.4 Å². The first-order valence-corrected chi connectivity index (χ1v) is 9.07. The van der Waals surface area contributed by atoms with Gasteiger partial charge in [0.15, 0.2) is 0 Å². The van der Waals surface area contributed by atoms with Gasteiger partial charge in [0.05, 0.1) is 12.6 Å². The van der Waals surface area contributed by atoms with Crippen LogP contribution in [0.3, 0.4) is 0 Å². The summed E-state index contributed by atoms with van der Waals surface area (Å²) in [6, 6.07) is 0.652. The lowest BCUT2D eigenvalue weighted by molar-refractivity contribution is -0.135. The Bertz CT molecular complexity index is 383. The van der Waals surface area contributed by atoms with Gasteiger partial charge in [-0.15, -0.1) is 0 Å². The summed E-state index contributed by atoms with van der Waals surface area (Å²) in [5.74, 6) is 0.247. The summed E-state index contributed by atoms with van der Waals surface area (Å²) >= 11 is 0. The van der Waals surface area contributed by atoms with Crippen LogP contribution >= 0.6 is 0 Å². The fraction of sp³-hybridized carbons (Fsp3) is 0.833. The Morgan fingerprint density at radius 1 is 1.27 bits per heavy atom. The first kappa shape index (κ1) is 17.3. The van der Waals surface area contributed by atoms with E-state index in [1.54, 1.807) is 0 Å². The summed E-state index contributed by atoms with van der Waals surface area (Å²) in [4.78, 5) is 16.9. The van der Waals surface area contributed by atoms with Crippen molar-refractivity contribution in [3.8, 4) is 0 Å². The Balaban J connectivity index is 1.86. The van der Waals surface area contributed by atoms with Crippen LogP contribution in [-0.2, 0) is 4.79 Å². The standard InChI is InChI=1S/C18H33N3O/c1-4-5-6-9-16-10-7-13-21(16)15(2)14-20-12-8-11-17(19-3)18(20)22/h16-17,19H,2,4-14H2,1,3H3/t16?,17-/m0/s1. The number of rotatable bonds is 8. The second-order valence-electron chi connectivity index (χ2n) is 6.79. The van der Waals surface area contributed by atoms with E-state index in [9.17, 15) is 4.79 Å². The molecule has 22 heavy (non-hydrogen) atoms. The third-order valence-electron chi connectivity index (χ3n) is 5.18. The molecule has 2 heterocycles. The van der Waals surface area contributed by atoms with Gasteiger partial charge >= 0.3 is 0 Å². The van der Waals surface area contributed by atoms with Crippen LogP contribution in [0.1, 0.15) is 58.3 Å². The fourth-order valence-electron chi connectivity index (χ4n) is 3.86. The van der Waals surface area contributed by atoms with Crippen LogP contribution in [0.5, 0.6) is 0 Å². The van der Waals surface area contributed by atoms with Crippen molar-refractivity contribution in [1.29, 1.82) is 0 Å². The second kappa shape index (κ2) is 8.56. The highest BCUT2D eigenvalue weighted by Gasteiger charge is 2.30. The van der Waals surface area contributed by atoms with Crippen molar-refractivity contribution in [3.05, 3.63) is 12.3 Å². The van der Waals surface area contributed by atoms with Crippen molar-refractivity contribution in [3.63, 3.8) is 0 Å². The number of hydrogen-bond donors (Lipinski definition) is 1. The van der Waals surface area contributed by atoms with Gasteiger partial charge in [0, 0.05) is 24.8 Å². The molecule has 0 bridgehead atoms. The molecule has 1 amide bonds. The van der Waals surface area contributed by atoms with Crippen molar-refractivity contribution in [2.24, 2.45) is 0 Å². The maximum Gasteiger partial charge on any atom is 0.240 e. The average molecular weight is 307 g/mol. The van der Waals surface area contributed by atoms with Gasteiger partial charge in [-0.3, -0.25) is 4.79 Å². The van der Waals surface area contributed by atoms with Crippen LogP contribution in [0.2, 0.25) is 0 Å². The Morgan fingerprint density at radius 3 is 2.77 bits per heavy atom. The minimum atomic E-state index is 0.000444. The molecule has 2 atom stereocenters. The summed E-state index contributed by atoms with van der Waals surface area (Å²) in [7, 11) is 1.88. The monoisotopic (exact) mass is 307 g/mol. The van der Waals surface area contributed by atoms with E-state index in [1.807, 2.05) is 11.9 Å². The molecule has 4 heteroatoms. The normalized spacial score (nSPS) is 25.8. The molecule has 0 saturated carbocycles. The highest BCUT2D eigenvalue weighted by atomic mass is 16.2. The van der Waals surface area contributed by atoms with E-state index in [0.717, 1.165) is 31.6 Å². The van der Waals surface area contributed by atoms with Gasteiger partial charge in [-0.05, 0) is 39.2 Å². The molecule has 0 aromatic rings. The van der Waals surface area contributed by atoms with E-state index in [1.165, 1.54) is 38.5 Å². The minimum absolute atomic E-state index is 0.000444. The Labute approximate surface area is 135 Å². The Hall–Kier alpha value is -1.03. The van der Waals surface area contributed by atoms with E-state index in [0.29, 0.717) is 12.6 Å². The van der Waals surface area contributed by atoms with Gasteiger partial charge < -0.3 is 15.1 Å². The molecule has 0 aromatic heterocycles. The maximum absolute atomic E-state index is 12.4. The number of carbonyl (C=O) groups excluding carboxylic acids is 1. The molecule has 2 aliphatic heterocycles. The third kappa shape index (κ3) is 4.25. The van der Waals surface area contributed by atoms with Gasteiger partial charge in [0.25, 0.3) is 0 Å². The molecule has 0 radical (unpaired) electrons. The smallest absolute Gasteiger partial charge is 0.240 e. The molecule has 2 saturated heterocycles. The lowest BCUT2D eigenvalue weighted by Gasteiger charge is -2.36. The average Bonchev–Trinajstić information content (AvgIpc) is 2.98. The highest BCUT2D eigenvalue weighted by Crippen LogP contribution is 2.26. The van der Waals surface area contributed by atoms with Gasteiger partial charge in [-0.1, -0.05) is 32.8 Å². The van der Waals surface area contributed by atoms with Crippen molar-refractivity contribution in [2.75, 3.05) is 26.7 Å². The first-order chi connectivity index (χ1) is 10.7. The molecule has 0 aliphatic carbocycles. The molecular formula is C18H33N3O. The third-order valence-corrected chi connectivity index (χ3v) is 5.18. The molecule has 2 fully saturated rings. The molecule has 126 valence electrons. The van der Waals surface area contributed by atoms with Crippen LogP contribution in [0, 0.1) is 0 Å². The minimum Gasteiger partial charge on any atom is -0.371 e. The molecule has 0 aromatic carbocycles. The Kier molecular flexibility index (Phi) is 6.74. The van der Waals surface area contributed by atoms with Crippen LogP contribution in [-0.4, -0.2) is 54.5 Å². The van der Waals surface area contributed by atoms with Crippen LogP contribution in [0.25, 0.3) is 0 Å². The predicted octanol–water partition coefficient (Wildman–Crippen LogP) is 2.76. The van der Waals surface area contributed by atoms with Crippen molar-refractivity contribution in [1.82, 2.24) is 15.1 Å². The van der Waals surface area contributed by atoms with E-state index in [4.69, 9.17) is 0 Å². The number of nitrogens with one attached hydrogen (secondary N) is 1. The lowest BCUT2D eigenvalue weighted by Crippen LogP contribution is -2.51. The van der Waals surface area contributed by atoms with Crippen LogP contribution in [0.15, 0.2) is 12.3 Å². The van der Waals surface area contributed by atoms with Gasteiger partial charge in [0.1, 0.15) is 0 Å². The number of likely N-dealkylation sites (tertiary alicyclic amines) is 2. The van der Waals surface area contributed by atoms with Crippen LogP contribution < -0.4 is 5.32 Å². The Morgan fingerprint density at radius 2 is 2.05 bits per heavy atom. The number of piperidine rings is 1. The number of nitrogens with zero attached hydrogens (tertiary/aromatic N) is 2. The molecular weight excluding hydrogens is 274 g/mol. The topological polar surface area (TPSA) is 35.6 Å². The summed E-state index contributed by atoms with van der Waals surface area (Å²) in [6.07, 6.45) is 9.80. The quantitative estimate of drug-likeness (QED) is 0.700. The number of amides is 1. The summed E-state index contributed by atoms with van der Waals surface area (Å²) in [6.45, 7) is 9.27. The van der Waals surface area contributed by atoms with E-state index in [2.05, 4.69) is 23.7 Å². The summed E-state index contributed by atoms with van der Waals surface area (Å²) in [5.41, 5.74) is 1.14. The van der Waals surface area contributed by atoms with E-state index < -0.39 is 0 Å². The van der Waals surface area contributed by atoms with Gasteiger partial charge in [-0.25, -0.2) is 0 Å². The zero-order chi connectivity index (χ0) is 15.9. The van der Waals surface area contributed by atoms with E-state index in [-0.39, 0.29) is 11.9 Å². The molecule has 4 nitrogen and oxygen atoms in total. The van der Waals surface area contributed by atoms with Crippen molar-refractivity contribution < 1.29 is 4.79 Å². The number of unbranched alkanes of at least 4 members (excludes halogenated alkanes) is 2. The summed E-state index contributed by atoms with van der Waals surface area (Å²) < 4.78 is 0. The SMILES string of the molecule is C=C(CN1CCC[C@H](NC)C1=O)N1CCCC1CCCCC. The predicted molar refractivity (Wildman–Crippen MR) is 91.7 cm³/mol. The zero-order valence-corrected chi connectivity index (χ0v) is 14.4. The molecule has 2 rings (SSSR count). The number of hydrogen-bond acceptors (Lipinski definition) is 3. The fourth-order valence-corrected chi connectivity index (χ4v) is 3.86. The second-order valence-corrected chi connectivity index (χ2v) is 6.79. The number of carbonyl (C=O) groups is 1. The van der Waals surface area contributed by atoms with Gasteiger partial charge in [-0.2, -0.15) is 0 Å². The first-order valence-electron chi connectivity index (χ1n) is 9.07. The molecule has 1 N–H and O–H groups in total. The van der Waals surface area contributed by atoms with Gasteiger partial charge in [0.2, 0.25) is 5.91 Å². The molecule has 0 spiro atoms. The largest absolute Gasteiger partial charge is 0.371 e. The molecule has 2 aliphatic rings.